The molecule has 0 aliphatic heterocycles. The second-order valence-corrected chi connectivity index (χ2v) is 5.46. The van der Waals surface area contributed by atoms with Gasteiger partial charge < -0.3 is 0 Å². The Balaban J connectivity index is 3.50. The Morgan fingerprint density at radius 3 is 2.24 bits per heavy atom. The Morgan fingerprint density at radius 2 is 1.82 bits per heavy atom. The van der Waals surface area contributed by atoms with Crippen LogP contribution >= 0.6 is 0 Å². The number of benzene rings is 1. The van der Waals surface area contributed by atoms with Crippen LogP contribution in [0.15, 0.2) is 28.1 Å². The summed E-state index contributed by atoms with van der Waals surface area (Å²) in [6, 6.07) is 2.61. The van der Waals surface area contributed by atoms with Crippen molar-refractivity contribution in [1.82, 2.24) is 0 Å². The van der Waals surface area contributed by atoms with Gasteiger partial charge in [-0.15, -0.1) is 0 Å². The minimum Gasteiger partial charge on any atom is -0.296 e. The fourth-order valence-corrected chi connectivity index (χ4v) is 1.91. The number of alkyl halides is 3. The van der Waals surface area contributed by atoms with Gasteiger partial charge in [-0.1, -0.05) is 0 Å². The maximum Gasteiger partial charge on any atom is 0.416 e. The monoisotopic (exact) mass is 265 g/mol. The smallest absolute Gasteiger partial charge is 0.296 e. The van der Waals surface area contributed by atoms with Crippen LogP contribution in [0.3, 0.4) is 0 Å². The van der Waals surface area contributed by atoms with E-state index in [-0.39, 0.29) is 10.5 Å². The van der Waals surface area contributed by atoms with Crippen LogP contribution in [0.25, 0.3) is 0 Å². The molecule has 0 bridgehead atoms. The first-order chi connectivity index (χ1) is 7.64. The van der Waals surface area contributed by atoms with Gasteiger partial charge in [-0.3, -0.25) is 4.99 Å². The predicted molar refractivity (Wildman–Crippen MR) is 58.1 cm³/mol. The van der Waals surface area contributed by atoms with Crippen molar-refractivity contribution in [1.29, 1.82) is 0 Å². The minimum atomic E-state index is -4.59. The molecule has 0 saturated heterocycles. The molecule has 1 aromatic carbocycles. The normalized spacial score (nSPS) is 13.2. The van der Waals surface area contributed by atoms with Gasteiger partial charge in [-0.05, 0) is 23.8 Å². The van der Waals surface area contributed by atoms with Gasteiger partial charge in [0.2, 0.25) is 0 Å². The quantitative estimate of drug-likeness (QED) is 0.769. The van der Waals surface area contributed by atoms with Crippen LogP contribution < -0.4 is 0 Å². The van der Waals surface area contributed by atoms with Gasteiger partial charge in [0.1, 0.15) is 0 Å². The number of sulfone groups is 1. The molecule has 0 N–H and O–H groups in total. The highest BCUT2D eigenvalue weighted by molar-refractivity contribution is 7.90. The molecule has 0 aliphatic carbocycles. The molecule has 0 saturated carbocycles. The summed E-state index contributed by atoms with van der Waals surface area (Å²) in [4.78, 5) is 3.19. The van der Waals surface area contributed by atoms with E-state index in [0.29, 0.717) is 6.07 Å². The van der Waals surface area contributed by atoms with E-state index >= 15 is 0 Å². The highest BCUT2D eigenvalue weighted by Crippen LogP contribution is 2.31. The van der Waals surface area contributed by atoms with Gasteiger partial charge in [0, 0.05) is 19.5 Å². The molecule has 0 heterocycles. The maximum absolute atomic E-state index is 12.5. The van der Waals surface area contributed by atoms with E-state index in [1.165, 1.54) is 13.3 Å². The molecule has 1 aromatic rings. The highest BCUT2D eigenvalue weighted by atomic mass is 32.2. The van der Waals surface area contributed by atoms with Gasteiger partial charge in [0.05, 0.1) is 10.5 Å². The third-order valence-electron chi connectivity index (χ3n) is 1.96. The fourth-order valence-electron chi connectivity index (χ4n) is 1.22. The number of aliphatic imine (C=N–C) groups is 1. The molecule has 17 heavy (non-hydrogen) atoms. The van der Waals surface area contributed by atoms with Crippen molar-refractivity contribution in [2.24, 2.45) is 4.99 Å². The van der Waals surface area contributed by atoms with Crippen molar-refractivity contribution in [3.63, 3.8) is 0 Å². The second kappa shape index (κ2) is 4.48. The summed E-state index contributed by atoms with van der Waals surface area (Å²) < 4.78 is 60.1. The zero-order valence-corrected chi connectivity index (χ0v) is 9.93. The van der Waals surface area contributed by atoms with Crippen LogP contribution in [0.1, 0.15) is 11.1 Å². The summed E-state index contributed by atoms with van der Waals surface area (Å²) in [5.74, 6) is 0. The predicted octanol–water partition coefficient (Wildman–Crippen LogP) is 2.16. The van der Waals surface area contributed by atoms with E-state index in [2.05, 4.69) is 4.99 Å². The molecule has 0 radical (unpaired) electrons. The standard InChI is InChI=1S/C10H10F3NO2S/c1-14-6-7-3-8(10(11,12)13)5-9(4-7)17(2,15)16/h3-6H,1-2H3/b14-6+. The Morgan fingerprint density at radius 1 is 1.24 bits per heavy atom. The molecule has 1 rings (SSSR count). The highest BCUT2D eigenvalue weighted by Gasteiger charge is 2.31. The molecule has 0 aromatic heterocycles. The zero-order valence-electron chi connectivity index (χ0n) is 9.12. The van der Waals surface area contributed by atoms with Crippen LogP contribution in [0.2, 0.25) is 0 Å². The largest absolute Gasteiger partial charge is 0.416 e. The lowest BCUT2D eigenvalue weighted by atomic mass is 10.1. The Kier molecular flexibility index (Phi) is 3.61. The Bertz CT molecular complexity index is 547. The first-order valence-corrected chi connectivity index (χ1v) is 6.38. The SMILES string of the molecule is C/N=C/c1cc(C(F)(F)F)cc(S(C)(=O)=O)c1. The lowest BCUT2D eigenvalue weighted by Gasteiger charge is -2.09. The third-order valence-corrected chi connectivity index (χ3v) is 3.05. The lowest BCUT2D eigenvalue weighted by molar-refractivity contribution is -0.137. The average molecular weight is 265 g/mol. The summed E-state index contributed by atoms with van der Waals surface area (Å²) in [5.41, 5.74) is -0.905. The molecule has 0 atom stereocenters. The molecule has 0 fully saturated rings. The summed E-state index contributed by atoms with van der Waals surface area (Å²) in [6.07, 6.45) is -2.56. The minimum absolute atomic E-state index is 0.0998. The molecule has 0 spiro atoms. The topological polar surface area (TPSA) is 46.5 Å². The van der Waals surface area contributed by atoms with Crippen molar-refractivity contribution in [3.8, 4) is 0 Å². The molecular weight excluding hydrogens is 255 g/mol. The fraction of sp³-hybridized carbons (Fsp3) is 0.300. The zero-order chi connectivity index (χ0) is 13.3. The number of halogens is 3. The first-order valence-electron chi connectivity index (χ1n) is 4.49. The average Bonchev–Trinajstić information content (AvgIpc) is 2.15. The van der Waals surface area contributed by atoms with Crippen LogP contribution in [-0.4, -0.2) is 27.9 Å². The summed E-state index contributed by atoms with van der Waals surface area (Å²) in [7, 11) is -2.30. The Hall–Kier alpha value is -1.37. The van der Waals surface area contributed by atoms with Crippen LogP contribution in [0.4, 0.5) is 13.2 Å². The molecule has 0 amide bonds. The van der Waals surface area contributed by atoms with E-state index < -0.39 is 21.6 Å². The molecule has 0 aliphatic rings. The van der Waals surface area contributed by atoms with Crippen LogP contribution in [0, 0.1) is 0 Å². The van der Waals surface area contributed by atoms with Crippen molar-refractivity contribution in [2.75, 3.05) is 13.3 Å². The van der Waals surface area contributed by atoms with Crippen molar-refractivity contribution in [3.05, 3.63) is 29.3 Å². The molecule has 0 unspecified atom stereocenters. The lowest BCUT2D eigenvalue weighted by Crippen LogP contribution is -2.08. The molecular formula is C10H10F3NO2S. The Labute approximate surface area is 96.9 Å². The number of nitrogens with zero attached hydrogens (tertiary/aromatic N) is 1. The van der Waals surface area contributed by atoms with Gasteiger partial charge in [-0.25, -0.2) is 8.42 Å². The number of hydrogen-bond donors (Lipinski definition) is 0. The van der Waals surface area contributed by atoms with Gasteiger partial charge in [0.15, 0.2) is 9.84 Å². The third kappa shape index (κ3) is 3.55. The number of hydrogen-bond acceptors (Lipinski definition) is 3. The van der Waals surface area contributed by atoms with Crippen molar-refractivity contribution >= 4 is 16.1 Å². The van der Waals surface area contributed by atoms with E-state index in [1.54, 1.807) is 0 Å². The molecule has 7 heteroatoms. The van der Waals surface area contributed by atoms with Crippen molar-refractivity contribution < 1.29 is 21.6 Å². The van der Waals surface area contributed by atoms with E-state index in [0.717, 1.165) is 18.4 Å². The van der Waals surface area contributed by atoms with Crippen LogP contribution in [0.5, 0.6) is 0 Å². The van der Waals surface area contributed by atoms with E-state index in [4.69, 9.17) is 0 Å². The maximum atomic E-state index is 12.5. The molecule has 3 nitrogen and oxygen atoms in total. The summed E-state index contributed by atoms with van der Waals surface area (Å²) in [5, 5.41) is 0. The number of rotatable bonds is 2. The molecule has 94 valence electrons. The summed E-state index contributed by atoms with van der Waals surface area (Å²) in [6.45, 7) is 0. The van der Waals surface area contributed by atoms with E-state index in [9.17, 15) is 21.6 Å². The first kappa shape index (κ1) is 13.7. The van der Waals surface area contributed by atoms with Gasteiger partial charge >= 0.3 is 6.18 Å². The van der Waals surface area contributed by atoms with Crippen molar-refractivity contribution in [2.45, 2.75) is 11.1 Å². The van der Waals surface area contributed by atoms with Crippen LogP contribution in [-0.2, 0) is 16.0 Å². The van der Waals surface area contributed by atoms with Gasteiger partial charge in [0.25, 0.3) is 0 Å². The van der Waals surface area contributed by atoms with E-state index in [1.807, 2.05) is 0 Å². The summed E-state index contributed by atoms with van der Waals surface area (Å²) >= 11 is 0. The second-order valence-electron chi connectivity index (χ2n) is 3.45. The van der Waals surface area contributed by atoms with Gasteiger partial charge in [-0.2, -0.15) is 13.2 Å².